The van der Waals surface area contributed by atoms with Crippen LogP contribution in [0.1, 0.15) is 24.1 Å². The Morgan fingerprint density at radius 3 is 2.63 bits per heavy atom. The summed E-state index contributed by atoms with van der Waals surface area (Å²) in [5.41, 5.74) is 7.34. The molecule has 0 radical (unpaired) electrons. The molecule has 2 N–H and O–H groups in total. The molecule has 0 saturated heterocycles. The van der Waals surface area contributed by atoms with Gasteiger partial charge >= 0.3 is 0 Å². The second kappa shape index (κ2) is 5.95. The summed E-state index contributed by atoms with van der Waals surface area (Å²) >= 11 is 7.52. The van der Waals surface area contributed by atoms with Crippen LogP contribution in [0.4, 0.5) is 4.39 Å². The SMILES string of the molecule is Cc1cc(Sc2cccc(Cl)c2)c([C@@H](C)N)cc1F. The van der Waals surface area contributed by atoms with E-state index >= 15 is 0 Å². The zero-order chi connectivity index (χ0) is 14.0. The van der Waals surface area contributed by atoms with Gasteiger partial charge in [-0.25, -0.2) is 4.39 Å². The first-order valence-electron chi connectivity index (χ1n) is 5.96. The number of hydrogen-bond donors (Lipinski definition) is 1. The second-order valence-electron chi connectivity index (χ2n) is 4.49. The third-order valence-electron chi connectivity index (χ3n) is 2.81. The van der Waals surface area contributed by atoms with Crippen molar-refractivity contribution in [2.24, 2.45) is 5.73 Å². The van der Waals surface area contributed by atoms with Crippen LogP contribution in [-0.4, -0.2) is 0 Å². The van der Waals surface area contributed by atoms with Crippen molar-refractivity contribution in [2.45, 2.75) is 29.7 Å². The molecule has 2 aromatic rings. The average Bonchev–Trinajstić information content (AvgIpc) is 2.33. The quantitative estimate of drug-likeness (QED) is 0.866. The maximum Gasteiger partial charge on any atom is 0.126 e. The van der Waals surface area contributed by atoms with Crippen LogP contribution in [-0.2, 0) is 0 Å². The van der Waals surface area contributed by atoms with E-state index in [2.05, 4.69) is 0 Å². The molecule has 0 spiro atoms. The fourth-order valence-corrected chi connectivity index (χ4v) is 3.21. The van der Waals surface area contributed by atoms with Crippen LogP contribution in [0.3, 0.4) is 0 Å². The van der Waals surface area contributed by atoms with Crippen LogP contribution in [0.15, 0.2) is 46.2 Å². The molecule has 0 heterocycles. The second-order valence-corrected chi connectivity index (χ2v) is 6.04. The van der Waals surface area contributed by atoms with Crippen LogP contribution in [0, 0.1) is 12.7 Å². The number of rotatable bonds is 3. The third-order valence-corrected chi connectivity index (χ3v) is 4.10. The van der Waals surface area contributed by atoms with E-state index in [1.165, 1.54) is 6.07 Å². The minimum atomic E-state index is -0.220. The molecule has 2 aromatic carbocycles. The molecule has 0 bridgehead atoms. The largest absolute Gasteiger partial charge is 0.324 e. The standard InChI is InChI=1S/C15H15ClFNS/c1-9-6-15(13(10(2)18)8-14(9)17)19-12-5-3-4-11(16)7-12/h3-8,10H,18H2,1-2H3/t10-/m1/s1. The Bertz CT molecular complexity index is 599. The summed E-state index contributed by atoms with van der Waals surface area (Å²) in [6.07, 6.45) is 0. The van der Waals surface area contributed by atoms with Crippen LogP contribution in [0.2, 0.25) is 5.02 Å². The van der Waals surface area contributed by atoms with E-state index in [4.69, 9.17) is 17.3 Å². The van der Waals surface area contributed by atoms with Crippen LogP contribution in [0.25, 0.3) is 0 Å². The van der Waals surface area contributed by atoms with Gasteiger partial charge in [-0.2, -0.15) is 0 Å². The molecule has 0 aliphatic carbocycles. The first kappa shape index (κ1) is 14.4. The molecule has 1 nitrogen and oxygen atoms in total. The van der Waals surface area contributed by atoms with Gasteiger partial charge in [0.25, 0.3) is 0 Å². The highest BCUT2D eigenvalue weighted by molar-refractivity contribution is 7.99. The lowest BCUT2D eigenvalue weighted by Crippen LogP contribution is -2.07. The summed E-state index contributed by atoms with van der Waals surface area (Å²) in [5.74, 6) is -0.220. The minimum Gasteiger partial charge on any atom is -0.324 e. The molecule has 100 valence electrons. The number of benzene rings is 2. The van der Waals surface area contributed by atoms with Gasteiger partial charge in [0.05, 0.1) is 0 Å². The zero-order valence-electron chi connectivity index (χ0n) is 10.8. The highest BCUT2D eigenvalue weighted by atomic mass is 35.5. The van der Waals surface area contributed by atoms with Crippen molar-refractivity contribution in [2.75, 3.05) is 0 Å². The fourth-order valence-electron chi connectivity index (χ4n) is 1.77. The monoisotopic (exact) mass is 295 g/mol. The van der Waals surface area contributed by atoms with Gasteiger partial charge < -0.3 is 5.73 Å². The molecule has 0 fully saturated rings. The molecule has 4 heteroatoms. The van der Waals surface area contributed by atoms with Gasteiger partial charge in [-0.1, -0.05) is 29.4 Å². The van der Waals surface area contributed by atoms with Gasteiger partial charge in [0.15, 0.2) is 0 Å². The first-order chi connectivity index (χ1) is 8.97. The summed E-state index contributed by atoms with van der Waals surface area (Å²) in [5, 5.41) is 0.686. The lowest BCUT2D eigenvalue weighted by molar-refractivity contribution is 0.610. The van der Waals surface area contributed by atoms with E-state index in [-0.39, 0.29) is 11.9 Å². The lowest BCUT2D eigenvalue weighted by atomic mass is 10.1. The maximum absolute atomic E-state index is 13.6. The Kier molecular flexibility index (Phi) is 4.50. The van der Waals surface area contributed by atoms with E-state index in [1.54, 1.807) is 18.7 Å². The van der Waals surface area contributed by atoms with Crippen molar-refractivity contribution in [1.29, 1.82) is 0 Å². The van der Waals surface area contributed by atoms with Crippen LogP contribution in [0.5, 0.6) is 0 Å². The molecule has 2 rings (SSSR count). The topological polar surface area (TPSA) is 26.0 Å². The highest BCUT2D eigenvalue weighted by Gasteiger charge is 2.12. The van der Waals surface area contributed by atoms with Crippen molar-refractivity contribution in [1.82, 2.24) is 0 Å². The van der Waals surface area contributed by atoms with E-state index in [9.17, 15) is 4.39 Å². The van der Waals surface area contributed by atoms with Crippen LogP contribution < -0.4 is 5.73 Å². The molecule has 0 unspecified atom stereocenters. The molecule has 0 aliphatic rings. The van der Waals surface area contributed by atoms with Crippen molar-refractivity contribution in [3.8, 4) is 0 Å². The van der Waals surface area contributed by atoms with Crippen LogP contribution >= 0.6 is 23.4 Å². The smallest absolute Gasteiger partial charge is 0.126 e. The van der Waals surface area contributed by atoms with Crippen molar-refractivity contribution in [3.05, 3.63) is 58.4 Å². The van der Waals surface area contributed by atoms with Gasteiger partial charge in [-0.15, -0.1) is 0 Å². The van der Waals surface area contributed by atoms with Gasteiger partial charge in [0.1, 0.15) is 5.82 Å². The van der Waals surface area contributed by atoms with Gasteiger partial charge in [-0.05, 0) is 55.3 Å². The maximum atomic E-state index is 13.6. The first-order valence-corrected chi connectivity index (χ1v) is 7.16. The third kappa shape index (κ3) is 3.50. The number of hydrogen-bond acceptors (Lipinski definition) is 2. The lowest BCUT2D eigenvalue weighted by Gasteiger charge is -2.14. The predicted molar refractivity (Wildman–Crippen MR) is 79.3 cm³/mol. The summed E-state index contributed by atoms with van der Waals surface area (Å²) in [6.45, 7) is 3.61. The highest BCUT2D eigenvalue weighted by Crippen LogP contribution is 2.35. The zero-order valence-corrected chi connectivity index (χ0v) is 12.4. The molecule has 0 aliphatic heterocycles. The minimum absolute atomic E-state index is 0.211. The summed E-state index contributed by atoms with van der Waals surface area (Å²) < 4.78 is 13.6. The summed E-state index contributed by atoms with van der Waals surface area (Å²) in [6, 6.07) is 10.7. The van der Waals surface area contributed by atoms with E-state index in [1.807, 2.05) is 37.3 Å². The Morgan fingerprint density at radius 2 is 2.00 bits per heavy atom. The van der Waals surface area contributed by atoms with Crippen molar-refractivity contribution >= 4 is 23.4 Å². The number of nitrogens with two attached hydrogens (primary N) is 1. The number of aryl methyl sites for hydroxylation is 1. The Morgan fingerprint density at radius 1 is 1.26 bits per heavy atom. The summed E-state index contributed by atoms with van der Waals surface area (Å²) in [7, 11) is 0. The average molecular weight is 296 g/mol. The molecule has 19 heavy (non-hydrogen) atoms. The van der Waals surface area contributed by atoms with E-state index < -0.39 is 0 Å². The van der Waals surface area contributed by atoms with Crippen molar-refractivity contribution in [3.63, 3.8) is 0 Å². The Balaban J connectivity index is 2.41. The van der Waals surface area contributed by atoms with E-state index in [0.717, 1.165) is 15.4 Å². The normalized spacial score (nSPS) is 12.5. The summed E-state index contributed by atoms with van der Waals surface area (Å²) in [4.78, 5) is 1.98. The molecule has 0 aromatic heterocycles. The number of halogens is 2. The van der Waals surface area contributed by atoms with Gasteiger partial charge in [-0.3, -0.25) is 0 Å². The predicted octanol–water partition coefficient (Wildman–Crippen LogP) is 4.96. The molecule has 1 atom stereocenters. The fraction of sp³-hybridized carbons (Fsp3) is 0.200. The molecular weight excluding hydrogens is 281 g/mol. The Labute approximate surface area is 122 Å². The molecule has 0 saturated carbocycles. The van der Waals surface area contributed by atoms with E-state index in [0.29, 0.717) is 10.6 Å². The van der Waals surface area contributed by atoms with Gasteiger partial charge in [0.2, 0.25) is 0 Å². The van der Waals surface area contributed by atoms with Crippen molar-refractivity contribution < 1.29 is 4.39 Å². The van der Waals surface area contributed by atoms with Gasteiger partial charge in [0, 0.05) is 20.9 Å². The molecular formula is C15H15ClFNS. The Hall–Kier alpha value is -1.03. The molecule has 0 amide bonds.